The Balaban J connectivity index is 1.24. The average Bonchev–Trinajstić information content (AvgIpc) is 3.25. The van der Waals surface area contributed by atoms with Crippen molar-refractivity contribution >= 4 is 41.4 Å². The van der Waals surface area contributed by atoms with Crippen LogP contribution in [0.15, 0.2) is 95.3 Å². The van der Waals surface area contributed by atoms with Crippen molar-refractivity contribution in [1.29, 1.82) is 0 Å². The van der Waals surface area contributed by atoms with Gasteiger partial charge in [-0.15, -0.1) is 0 Å². The topological polar surface area (TPSA) is 255 Å². The third-order valence-electron chi connectivity index (χ3n) is 11.4. The Morgan fingerprint density at radius 1 is 0.919 bits per heavy atom. The van der Waals surface area contributed by atoms with Gasteiger partial charge in [-0.1, -0.05) is 61.5 Å². The highest BCUT2D eigenvalue weighted by molar-refractivity contribution is 5.99. The molecule has 5 rings (SSSR count). The Labute approximate surface area is 359 Å². The predicted molar refractivity (Wildman–Crippen MR) is 227 cm³/mol. The summed E-state index contributed by atoms with van der Waals surface area (Å²) in [5.74, 6) is -6.82. The molecule has 0 fully saturated rings. The first-order valence-electron chi connectivity index (χ1n) is 20.4. The van der Waals surface area contributed by atoms with Crippen molar-refractivity contribution in [2.75, 3.05) is 27.2 Å². The van der Waals surface area contributed by atoms with E-state index in [1.807, 2.05) is 24.3 Å². The Morgan fingerprint density at radius 3 is 2.18 bits per heavy atom. The lowest BCUT2D eigenvalue weighted by Gasteiger charge is -2.36. The quantitative estimate of drug-likeness (QED) is 0.151. The fourth-order valence-corrected chi connectivity index (χ4v) is 7.57. The molecule has 2 aliphatic carbocycles. The van der Waals surface area contributed by atoms with Gasteiger partial charge in [0, 0.05) is 37.6 Å². The second-order valence-corrected chi connectivity index (χ2v) is 15.7. The van der Waals surface area contributed by atoms with Crippen molar-refractivity contribution in [3.05, 3.63) is 106 Å². The summed E-state index contributed by atoms with van der Waals surface area (Å²) in [7, 11) is 2.67. The van der Waals surface area contributed by atoms with E-state index >= 15 is 0 Å². The number of carboxylic acid groups (broad SMARTS) is 1. The summed E-state index contributed by atoms with van der Waals surface area (Å²) in [6.07, 6.45) is 5.85. The Kier molecular flexibility index (Phi) is 15.2. The van der Waals surface area contributed by atoms with Crippen LogP contribution in [0.5, 0.6) is 0 Å². The summed E-state index contributed by atoms with van der Waals surface area (Å²) < 4.78 is 0. The van der Waals surface area contributed by atoms with Crippen molar-refractivity contribution in [3.63, 3.8) is 0 Å². The van der Waals surface area contributed by atoms with Crippen LogP contribution in [-0.2, 0) is 35.2 Å². The third kappa shape index (κ3) is 10.8. The van der Waals surface area contributed by atoms with Crippen LogP contribution in [0.2, 0.25) is 0 Å². The molecule has 3 aliphatic rings. The number of rotatable bonds is 12. The SMILES string of the molecule is CCc1ccc(-c2ccc(C(=O)N(C)[C@H](CO)C(=O)N[C@H](C)C(=O)NCC(=O)N(C)[C@@H]3C(=O)N[C@@H](C)C(=O)N[C@H](C(=O)O)CC4=CC[C@H](O)C(=C4)C4=C(O)C=C[C@H]3C4)cc2)cc1. The number of benzene rings is 2. The number of aliphatic hydroxyl groups is 3. The van der Waals surface area contributed by atoms with E-state index in [0.717, 1.165) is 27.3 Å². The number of aliphatic carboxylic acids is 1. The number of aliphatic hydroxyl groups excluding tert-OH is 3. The fraction of sp³-hybridized carbons (Fsp3) is 0.400. The molecule has 0 saturated carbocycles. The van der Waals surface area contributed by atoms with Gasteiger partial charge in [0.2, 0.25) is 29.5 Å². The van der Waals surface area contributed by atoms with Gasteiger partial charge in [0.1, 0.15) is 36.0 Å². The molecule has 17 heteroatoms. The van der Waals surface area contributed by atoms with E-state index in [0.29, 0.717) is 11.1 Å². The van der Waals surface area contributed by atoms with Gasteiger partial charge in [-0.05, 0) is 79.2 Å². The summed E-state index contributed by atoms with van der Waals surface area (Å²) in [6.45, 7) is 3.37. The number of fused-ring (bicyclic) bond motifs is 4. The highest BCUT2D eigenvalue weighted by atomic mass is 16.4. The lowest BCUT2D eigenvalue weighted by atomic mass is 9.79. The minimum atomic E-state index is -1.38. The second-order valence-electron chi connectivity index (χ2n) is 15.7. The molecule has 62 heavy (non-hydrogen) atoms. The summed E-state index contributed by atoms with van der Waals surface area (Å²) in [4.78, 5) is 94.8. The minimum Gasteiger partial charge on any atom is -0.508 e. The highest BCUT2D eigenvalue weighted by Gasteiger charge is 2.39. The molecular weight excluding hydrogens is 801 g/mol. The third-order valence-corrected chi connectivity index (χ3v) is 11.4. The standard InChI is InChI=1S/C45H54N6O11/c1-6-26-7-10-28(11-8-26)29-12-14-30(15-13-29)44(60)50(4)35(23-52)42(58)47-24(2)40(56)46-22-38(55)51(5)39-31-16-18-37(54)33(21-31)32-19-27(9-17-36(32)53)20-34(45(61)62)49-41(57)25(3)48-43(39)59/h7-16,18-19,24-25,31,34-36,39,52-54H,6,17,20-23H2,1-5H3,(H,46,56)(H,47,58)(H,48,59)(H,49,57)(H,61,62)/t24-,25+,31+,34+,35-,36+,39+/m1/s1. The Morgan fingerprint density at radius 2 is 1.56 bits per heavy atom. The number of nitrogens with zero attached hydrogens (tertiary/aromatic N) is 2. The number of carbonyl (C=O) groups is 7. The monoisotopic (exact) mass is 854 g/mol. The number of aryl methyl sites for hydroxylation is 1. The molecule has 0 aromatic heterocycles. The number of carboxylic acids is 1. The van der Waals surface area contributed by atoms with E-state index in [1.54, 1.807) is 36.4 Å². The maximum absolute atomic E-state index is 13.9. The first-order chi connectivity index (χ1) is 29.4. The first kappa shape index (κ1) is 46.5. The molecule has 1 aliphatic heterocycles. The van der Waals surface area contributed by atoms with Gasteiger partial charge in [-0.2, -0.15) is 0 Å². The summed E-state index contributed by atoms with van der Waals surface area (Å²) in [6, 6.07) is 8.30. The molecule has 330 valence electrons. The van der Waals surface area contributed by atoms with Crippen LogP contribution in [0.4, 0.5) is 0 Å². The van der Waals surface area contributed by atoms with Crippen molar-refractivity contribution in [3.8, 4) is 11.1 Å². The molecule has 4 bridgehead atoms. The van der Waals surface area contributed by atoms with Gasteiger partial charge in [-0.25, -0.2) is 4.79 Å². The van der Waals surface area contributed by atoms with Crippen LogP contribution in [0.1, 0.15) is 56.0 Å². The maximum atomic E-state index is 13.9. The molecule has 8 N–H and O–H groups in total. The zero-order valence-electron chi connectivity index (χ0n) is 35.3. The molecule has 1 heterocycles. The number of likely N-dealkylation sites (N-methyl/N-ethyl adjacent to an activating group) is 2. The van der Waals surface area contributed by atoms with E-state index in [9.17, 15) is 54.0 Å². The van der Waals surface area contributed by atoms with Crippen LogP contribution in [0.25, 0.3) is 11.1 Å². The van der Waals surface area contributed by atoms with Gasteiger partial charge in [0.05, 0.1) is 19.3 Å². The molecule has 2 aromatic carbocycles. The normalized spacial score (nSPS) is 22.3. The number of hydrogen-bond acceptors (Lipinski definition) is 10. The molecule has 17 nitrogen and oxygen atoms in total. The van der Waals surface area contributed by atoms with E-state index < -0.39 is 96.8 Å². The number of allylic oxidation sites excluding steroid dienone is 2. The van der Waals surface area contributed by atoms with Crippen LogP contribution < -0.4 is 21.3 Å². The maximum Gasteiger partial charge on any atom is 0.326 e. The van der Waals surface area contributed by atoms with Crippen molar-refractivity contribution < 1.29 is 54.0 Å². The molecule has 0 unspecified atom stereocenters. The molecule has 7 atom stereocenters. The molecule has 0 radical (unpaired) electrons. The number of hydrogen-bond donors (Lipinski definition) is 8. The first-order valence-corrected chi connectivity index (χ1v) is 20.4. The van der Waals surface area contributed by atoms with Gasteiger partial charge >= 0.3 is 5.97 Å². The smallest absolute Gasteiger partial charge is 0.326 e. The lowest BCUT2D eigenvalue weighted by molar-refractivity contribution is -0.143. The summed E-state index contributed by atoms with van der Waals surface area (Å²) in [5.41, 5.74) is 4.42. The van der Waals surface area contributed by atoms with Crippen LogP contribution >= 0.6 is 0 Å². The summed E-state index contributed by atoms with van der Waals surface area (Å²) in [5, 5.41) is 51.7. The minimum absolute atomic E-state index is 0.0334. The Hall–Kier alpha value is -6.59. The number of nitrogens with one attached hydrogen (secondary N) is 4. The van der Waals surface area contributed by atoms with Crippen LogP contribution in [0.3, 0.4) is 0 Å². The molecule has 0 saturated heterocycles. The van der Waals surface area contributed by atoms with E-state index in [1.165, 1.54) is 45.7 Å². The molecular formula is C45H54N6O11. The van der Waals surface area contributed by atoms with Crippen molar-refractivity contribution in [2.24, 2.45) is 5.92 Å². The van der Waals surface area contributed by atoms with E-state index in [-0.39, 0.29) is 36.2 Å². The van der Waals surface area contributed by atoms with Gasteiger partial charge in [0.25, 0.3) is 5.91 Å². The average molecular weight is 855 g/mol. The molecule has 6 amide bonds. The second kappa shape index (κ2) is 20.3. The van der Waals surface area contributed by atoms with Crippen LogP contribution in [0, 0.1) is 5.92 Å². The van der Waals surface area contributed by atoms with Gasteiger partial charge in [0.15, 0.2) is 0 Å². The largest absolute Gasteiger partial charge is 0.508 e. The van der Waals surface area contributed by atoms with Gasteiger partial charge in [-0.3, -0.25) is 28.8 Å². The van der Waals surface area contributed by atoms with E-state index in [2.05, 4.69) is 28.2 Å². The number of carbonyl (C=O) groups excluding carboxylic acids is 6. The molecule has 2 aromatic rings. The van der Waals surface area contributed by atoms with Crippen molar-refractivity contribution in [2.45, 2.75) is 82.8 Å². The zero-order valence-corrected chi connectivity index (χ0v) is 35.3. The van der Waals surface area contributed by atoms with Crippen LogP contribution in [-0.4, -0.2) is 135 Å². The predicted octanol–water partition coefficient (Wildman–Crippen LogP) is 1.28. The highest BCUT2D eigenvalue weighted by Crippen LogP contribution is 2.36. The molecule has 0 spiro atoms. The summed E-state index contributed by atoms with van der Waals surface area (Å²) >= 11 is 0. The van der Waals surface area contributed by atoms with Crippen molar-refractivity contribution in [1.82, 2.24) is 31.1 Å². The fourth-order valence-electron chi connectivity index (χ4n) is 7.57. The zero-order chi connectivity index (χ0) is 45.4. The van der Waals surface area contributed by atoms with Gasteiger partial charge < -0.3 is 51.5 Å². The van der Waals surface area contributed by atoms with E-state index in [4.69, 9.17) is 0 Å². The Bertz CT molecular complexity index is 2200. The lowest BCUT2D eigenvalue weighted by Crippen LogP contribution is -2.58. The number of amides is 6.